The molecule has 0 aliphatic carbocycles. The van der Waals surface area contributed by atoms with E-state index in [4.69, 9.17) is 0 Å². The maximum absolute atomic E-state index is 12.7. The number of hydrogen-bond donors (Lipinski definition) is 2. The van der Waals surface area contributed by atoms with Gasteiger partial charge in [-0.1, -0.05) is 6.92 Å². The van der Waals surface area contributed by atoms with E-state index in [0.717, 1.165) is 30.8 Å². The average molecular weight is 388 g/mol. The highest BCUT2D eigenvalue weighted by atomic mass is 35.5. The molecule has 0 spiro atoms. The van der Waals surface area contributed by atoms with E-state index in [0.29, 0.717) is 6.42 Å². The van der Waals surface area contributed by atoms with Crippen molar-refractivity contribution in [2.24, 2.45) is 5.92 Å². The highest BCUT2D eigenvalue weighted by Gasteiger charge is 2.31. The minimum absolute atomic E-state index is 0. The number of amides is 1. The summed E-state index contributed by atoms with van der Waals surface area (Å²) in [6.07, 6.45) is 1.47. The molecule has 3 atom stereocenters. The zero-order valence-corrected chi connectivity index (χ0v) is 16.4. The van der Waals surface area contributed by atoms with Crippen molar-refractivity contribution in [2.75, 3.05) is 18.0 Å². The number of rotatable bonds is 3. The molecule has 2 N–H and O–H groups in total. The third-order valence-corrected chi connectivity index (χ3v) is 6.50. The minimum atomic E-state index is -3.55. The van der Waals surface area contributed by atoms with E-state index in [-0.39, 0.29) is 41.2 Å². The summed E-state index contributed by atoms with van der Waals surface area (Å²) in [5.41, 5.74) is 1.74. The molecule has 0 aromatic heterocycles. The first-order chi connectivity index (χ1) is 11.3. The fourth-order valence-electron chi connectivity index (χ4n) is 3.71. The summed E-state index contributed by atoms with van der Waals surface area (Å²) >= 11 is 0. The van der Waals surface area contributed by atoms with Crippen LogP contribution in [0.4, 0.5) is 5.69 Å². The molecule has 1 saturated heterocycles. The monoisotopic (exact) mass is 387 g/mol. The van der Waals surface area contributed by atoms with Gasteiger partial charge in [0, 0.05) is 24.7 Å². The van der Waals surface area contributed by atoms with Gasteiger partial charge in [-0.3, -0.25) is 4.79 Å². The number of hydrogen-bond acceptors (Lipinski definition) is 4. The van der Waals surface area contributed by atoms with Gasteiger partial charge in [0.25, 0.3) is 0 Å². The summed E-state index contributed by atoms with van der Waals surface area (Å²) in [5.74, 6) is 0.245. The molecule has 8 heteroatoms. The van der Waals surface area contributed by atoms with E-state index in [9.17, 15) is 13.2 Å². The smallest absolute Gasteiger partial charge is 0.240 e. The Hall–Kier alpha value is -1.15. The Balaban J connectivity index is 0.00000225. The van der Waals surface area contributed by atoms with Crippen LogP contribution in [-0.2, 0) is 21.2 Å². The largest absolute Gasteiger partial charge is 0.316 e. The van der Waals surface area contributed by atoms with E-state index >= 15 is 0 Å². The number of carbonyl (C=O) groups excluding carboxylic acids is 1. The van der Waals surface area contributed by atoms with E-state index in [1.54, 1.807) is 23.1 Å². The molecule has 1 aromatic rings. The number of sulfonamides is 1. The molecular weight excluding hydrogens is 362 g/mol. The van der Waals surface area contributed by atoms with Gasteiger partial charge < -0.3 is 10.2 Å². The molecule has 2 aliphatic rings. The van der Waals surface area contributed by atoms with E-state index < -0.39 is 10.0 Å². The quantitative estimate of drug-likeness (QED) is 0.827. The maximum atomic E-state index is 12.7. The van der Waals surface area contributed by atoms with Crippen molar-refractivity contribution in [3.8, 4) is 0 Å². The number of halogens is 1. The topological polar surface area (TPSA) is 78.5 Å². The number of anilines is 1. The Labute approximate surface area is 155 Å². The maximum Gasteiger partial charge on any atom is 0.240 e. The van der Waals surface area contributed by atoms with Crippen LogP contribution < -0.4 is 14.9 Å². The molecular formula is C17H26ClN3O3S. The molecule has 25 heavy (non-hydrogen) atoms. The Morgan fingerprint density at radius 1 is 1.32 bits per heavy atom. The van der Waals surface area contributed by atoms with Crippen LogP contribution in [0.25, 0.3) is 0 Å². The van der Waals surface area contributed by atoms with Gasteiger partial charge >= 0.3 is 0 Å². The van der Waals surface area contributed by atoms with E-state index in [2.05, 4.69) is 17.0 Å². The number of nitrogens with zero attached hydrogens (tertiary/aromatic N) is 1. The molecule has 2 aliphatic heterocycles. The molecule has 1 fully saturated rings. The number of nitrogens with one attached hydrogen (secondary N) is 2. The minimum Gasteiger partial charge on any atom is -0.316 e. The van der Waals surface area contributed by atoms with Crippen LogP contribution in [0, 0.1) is 5.92 Å². The lowest BCUT2D eigenvalue weighted by Crippen LogP contribution is -2.48. The third kappa shape index (κ3) is 4.00. The van der Waals surface area contributed by atoms with Crippen molar-refractivity contribution >= 4 is 34.0 Å². The molecule has 0 saturated carbocycles. The van der Waals surface area contributed by atoms with Crippen molar-refractivity contribution in [3.05, 3.63) is 23.8 Å². The number of benzene rings is 1. The molecule has 0 radical (unpaired) electrons. The zero-order valence-electron chi connectivity index (χ0n) is 14.8. The second-order valence-electron chi connectivity index (χ2n) is 6.93. The predicted molar refractivity (Wildman–Crippen MR) is 101 cm³/mol. The SMILES string of the molecule is CC(=O)N1c2ccc(S(=O)(=O)NC3CCNCC3C)cc2CC1C.Cl. The van der Waals surface area contributed by atoms with Gasteiger partial charge in [-0.2, -0.15) is 0 Å². The Morgan fingerprint density at radius 3 is 2.68 bits per heavy atom. The van der Waals surface area contributed by atoms with Gasteiger partial charge in [0.2, 0.25) is 15.9 Å². The first-order valence-corrected chi connectivity index (χ1v) is 9.93. The van der Waals surface area contributed by atoms with Crippen LogP contribution in [0.5, 0.6) is 0 Å². The predicted octanol–water partition coefficient (Wildman–Crippen LogP) is 1.68. The molecule has 140 valence electrons. The molecule has 0 bridgehead atoms. The standard InChI is InChI=1S/C17H25N3O3S.ClH/c1-11-10-18-7-6-16(11)19-24(22,23)15-4-5-17-14(9-15)8-12(2)20(17)13(3)21;/h4-5,9,11-12,16,18-19H,6-8,10H2,1-3H3;1H. The van der Waals surface area contributed by atoms with Crippen LogP contribution in [0.1, 0.15) is 32.8 Å². The number of piperidine rings is 1. The van der Waals surface area contributed by atoms with Crippen LogP contribution in [0.2, 0.25) is 0 Å². The molecule has 1 aromatic carbocycles. The fourth-order valence-corrected chi connectivity index (χ4v) is 5.14. The second-order valence-corrected chi connectivity index (χ2v) is 8.64. The van der Waals surface area contributed by atoms with Crippen LogP contribution in [0.15, 0.2) is 23.1 Å². The first kappa shape index (κ1) is 20.2. The van der Waals surface area contributed by atoms with Gasteiger partial charge in [0.05, 0.1) is 4.90 Å². The second kappa shape index (κ2) is 7.61. The summed E-state index contributed by atoms with van der Waals surface area (Å²) in [5, 5.41) is 3.27. The van der Waals surface area contributed by atoms with Crippen LogP contribution >= 0.6 is 12.4 Å². The van der Waals surface area contributed by atoms with Crippen molar-refractivity contribution in [3.63, 3.8) is 0 Å². The summed E-state index contributed by atoms with van der Waals surface area (Å²) < 4.78 is 28.3. The summed E-state index contributed by atoms with van der Waals surface area (Å²) in [4.78, 5) is 13.8. The third-order valence-electron chi connectivity index (χ3n) is 5.01. The van der Waals surface area contributed by atoms with E-state index in [1.807, 2.05) is 6.92 Å². The molecule has 3 rings (SSSR count). The highest BCUT2D eigenvalue weighted by molar-refractivity contribution is 7.89. The van der Waals surface area contributed by atoms with Crippen LogP contribution in [0.3, 0.4) is 0 Å². The van der Waals surface area contributed by atoms with Gasteiger partial charge in [0.15, 0.2) is 0 Å². The summed E-state index contributed by atoms with van der Waals surface area (Å²) in [6.45, 7) is 7.21. The normalized spacial score (nSPS) is 26.0. The Kier molecular flexibility index (Phi) is 6.14. The fraction of sp³-hybridized carbons (Fsp3) is 0.588. The molecule has 1 amide bonds. The Bertz CT molecular complexity index is 754. The van der Waals surface area contributed by atoms with Gasteiger partial charge in [-0.05, 0) is 62.5 Å². The van der Waals surface area contributed by atoms with Crippen molar-refractivity contribution < 1.29 is 13.2 Å². The lowest BCUT2D eigenvalue weighted by atomic mass is 9.97. The van der Waals surface area contributed by atoms with Crippen molar-refractivity contribution in [1.29, 1.82) is 0 Å². The van der Waals surface area contributed by atoms with E-state index in [1.165, 1.54) is 6.92 Å². The summed E-state index contributed by atoms with van der Waals surface area (Å²) in [7, 11) is -3.55. The van der Waals surface area contributed by atoms with Crippen molar-refractivity contribution in [1.82, 2.24) is 10.0 Å². The average Bonchev–Trinajstić information content (AvgIpc) is 2.84. The Morgan fingerprint density at radius 2 is 2.04 bits per heavy atom. The lowest BCUT2D eigenvalue weighted by molar-refractivity contribution is -0.116. The van der Waals surface area contributed by atoms with Gasteiger partial charge in [-0.25, -0.2) is 13.1 Å². The van der Waals surface area contributed by atoms with Gasteiger partial charge in [0.1, 0.15) is 0 Å². The summed E-state index contributed by atoms with van der Waals surface area (Å²) in [6, 6.07) is 5.08. The van der Waals surface area contributed by atoms with Gasteiger partial charge in [-0.15, -0.1) is 12.4 Å². The molecule has 3 unspecified atom stereocenters. The van der Waals surface area contributed by atoms with Crippen LogP contribution in [-0.4, -0.2) is 39.5 Å². The molecule has 6 nitrogen and oxygen atoms in total. The molecule has 2 heterocycles. The number of fused-ring (bicyclic) bond motifs is 1. The lowest BCUT2D eigenvalue weighted by Gasteiger charge is -2.30. The zero-order chi connectivity index (χ0) is 17.5. The highest BCUT2D eigenvalue weighted by Crippen LogP contribution is 2.34. The van der Waals surface area contributed by atoms with Crippen molar-refractivity contribution in [2.45, 2.75) is 50.6 Å². The number of carbonyl (C=O) groups is 1. The first-order valence-electron chi connectivity index (χ1n) is 8.45.